The first-order valence-electron chi connectivity index (χ1n) is 5.68. The zero-order valence-corrected chi connectivity index (χ0v) is 10.3. The van der Waals surface area contributed by atoms with Crippen LogP contribution in [0.2, 0.25) is 0 Å². The quantitative estimate of drug-likeness (QED) is 0.706. The molecule has 1 amide bonds. The molecular weight excluding hydrogens is 222 g/mol. The van der Waals surface area contributed by atoms with Crippen molar-refractivity contribution in [3.05, 3.63) is 12.2 Å². The average Bonchev–Trinajstić information content (AvgIpc) is 2.72. The van der Waals surface area contributed by atoms with Gasteiger partial charge >= 0.3 is 12.1 Å². The number of hydrogen-bond donors (Lipinski definition) is 1. The van der Waals surface area contributed by atoms with E-state index in [9.17, 15) is 14.7 Å². The van der Waals surface area contributed by atoms with Crippen molar-refractivity contribution in [3.8, 4) is 0 Å². The van der Waals surface area contributed by atoms with Gasteiger partial charge in [0.1, 0.15) is 5.60 Å². The fourth-order valence-electron chi connectivity index (χ4n) is 2.38. The van der Waals surface area contributed by atoms with Crippen LogP contribution in [0.15, 0.2) is 12.2 Å². The Bertz CT molecular complexity index is 396. The highest BCUT2D eigenvalue weighted by atomic mass is 16.6. The van der Waals surface area contributed by atoms with Gasteiger partial charge in [-0.25, -0.2) is 9.59 Å². The first kappa shape index (κ1) is 12.0. The molecule has 1 unspecified atom stereocenters. The number of ether oxygens (including phenoxy) is 1. The highest BCUT2D eigenvalue weighted by molar-refractivity contribution is 5.88. The summed E-state index contributed by atoms with van der Waals surface area (Å²) in [5.41, 5.74) is -1.80. The second kappa shape index (κ2) is 3.48. The number of rotatable bonds is 1. The number of likely N-dealkylation sites (tertiary alicyclic amines) is 1. The number of carbonyl (C=O) groups is 2. The average molecular weight is 239 g/mol. The van der Waals surface area contributed by atoms with Crippen LogP contribution < -0.4 is 0 Å². The number of amides is 1. The molecule has 0 radical (unpaired) electrons. The number of aliphatic carboxylic acids is 1. The third-order valence-corrected chi connectivity index (χ3v) is 3.10. The van der Waals surface area contributed by atoms with Gasteiger partial charge in [0, 0.05) is 6.54 Å². The minimum Gasteiger partial charge on any atom is -0.479 e. The predicted octanol–water partition coefficient (Wildman–Crippen LogP) is 1.64. The third kappa shape index (κ3) is 1.90. The van der Waals surface area contributed by atoms with Crippen LogP contribution in [0.5, 0.6) is 0 Å². The third-order valence-electron chi connectivity index (χ3n) is 3.10. The Labute approximate surface area is 100 Å². The minimum atomic E-state index is -1.19. The van der Waals surface area contributed by atoms with Gasteiger partial charge in [0.05, 0.1) is 0 Å². The Balaban J connectivity index is 2.20. The first-order valence-corrected chi connectivity index (χ1v) is 5.68. The van der Waals surface area contributed by atoms with E-state index in [4.69, 9.17) is 4.74 Å². The summed E-state index contributed by atoms with van der Waals surface area (Å²) < 4.78 is 5.24. The Morgan fingerprint density at radius 3 is 2.59 bits per heavy atom. The lowest BCUT2D eigenvalue weighted by Crippen LogP contribution is -2.53. The molecule has 2 bridgehead atoms. The number of carboxylic acids is 1. The van der Waals surface area contributed by atoms with Crippen LogP contribution in [-0.2, 0) is 9.53 Å². The van der Waals surface area contributed by atoms with Gasteiger partial charge in [0.25, 0.3) is 0 Å². The van der Waals surface area contributed by atoms with E-state index in [1.54, 1.807) is 26.8 Å². The standard InChI is InChI=1S/C12H17NO4/c1-11(2,3)17-10(16)13-7-8-4-5-12(13,6-8)9(14)15/h4-5,8H,6-7H2,1-3H3,(H,14,15)/t8?,12-/m0/s1. The van der Waals surface area contributed by atoms with Crippen LogP contribution in [0.25, 0.3) is 0 Å². The molecule has 5 nitrogen and oxygen atoms in total. The molecule has 2 atom stereocenters. The van der Waals surface area contributed by atoms with E-state index >= 15 is 0 Å². The topological polar surface area (TPSA) is 66.8 Å². The van der Waals surface area contributed by atoms with Gasteiger partial charge in [0.15, 0.2) is 5.54 Å². The van der Waals surface area contributed by atoms with Crippen LogP contribution >= 0.6 is 0 Å². The maximum Gasteiger partial charge on any atom is 0.411 e. The van der Waals surface area contributed by atoms with E-state index in [0.717, 1.165) is 0 Å². The Morgan fingerprint density at radius 2 is 2.12 bits per heavy atom. The molecule has 0 aromatic heterocycles. The molecule has 1 N–H and O–H groups in total. The molecule has 2 rings (SSSR count). The molecule has 1 heterocycles. The maximum atomic E-state index is 12.0. The van der Waals surface area contributed by atoms with Crippen LogP contribution in [0, 0.1) is 5.92 Å². The van der Waals surface area contributed by atoms with Gasteiger partial charge in [-0.2, -0.15) is 0 Å². The largest absolute Gasteiger partial charge is 0.479 e. The maximum absolute atomic E-state index is 12.0. The summed E-state index contributed by atoms with van der Waals surface area (Å²) in [6.07, 6.45) is 3.39. The monoisotopic (exact) mass is 239 g/mol. The predicted molar refractivity (Wildman–Crippen MR) is 60.6 cm³/mol. The molecule has 0 aromatic carbocycles. The van der Waals surface area contributed by atoms with E-state index in [-0.39, 0.29) is 5.92 Å². The number of fused-ring (bicyclic) bond motifs is 2. The smallest absolute Gasteiger partial charge is 0.411 e. The summed E-state index contributed by atoms with van der Waals surface area (Å²) in [6.45, 7) is 5.73. The number of carbonyl (C=O) groups excluding carboxylic acids is 1. The fraction of sp³-hybridized carbons (Fsp3) is 0.667. The molecule has 0 spiro atoms. The molecule has 17 heavy (non-hydrogen) atoms. The molecule has 1 aliphatic carbocycles. The number of nitrogens with zero attached hydrogens (tertiary/aromatic N) is 1. The van der Waals surface area contributed by atoms with Gasteiger partial charge in [-0.15, -0.1) is 0 Å². The molecule has 0 saturated carbocycles. The summed E-state index contributed by atoms with van der Waals surface area (Å²) in [4.78, 5) is 24.7. The lowest BCUT2D eigenvalue weighted by molar-refractivity contribution is -0.146. The van der Waals surface area contributed by atoms with E-state index < -0.39 is 23.2 Å². The van der Waals surface area contributed by atoms with Crippen LogP contribution in [0.1, 0.15) is 27.2 Å². The highest BCUT2D eigenvalue weighted by Crippen LogP contribution is 2.42. The van der Waals surface area contributed by atoms with Crippen molar-refractivity contribution >= 4 is 12.1 Å². The van der Waals surface area contributed by atoms with Crippen molar-refractivity contribution in [2.24, 2.45) is 5.92 Å². The first-order chi connectivity index (χ1) is 7.74. The van der Waals surface area contributed by atoms with Gasteiger partial charge < -0.3 is 9.84 Å². The Morgan fingerprint density at radius 1 is 1.47 bits per heavy atom. The number of carboxylic acid groups (broad SMARTS) is 1. The molecule has 94 valence electrons. The highest BCUT2D eigenvalue weighted by Gasteiger charge is 2.55. The van der Waals surface area contributed by atoms with E-state index in [1.807, 2.05) is 6.08 Å². The zero-order chi connectivity index (χ0) is 12.8. The van der Waals surface area contributed by atoms with Crippen LogP contribution in [0.4, 0.5) is 4.79 Å². The summed E-state index contributed by atoms with van der Waals surface area (Å²) in [5.74, 6) is -0.849. The normalized spacial score (nSPS) is 30.8. The van der Waals surface area contributed by atoms with E-state index in [2.05, 4.69) is 0 Å². The lowest BCUT2D eigenvalue weighted by Gasteiger charge is -2.34. The summed E-state index contributed by atoms with van der Waals surface area (Å²) in [6, 6.07) is 0. The minimum absolute atomic E-state index is 0.138. The fourth-order valence-corrected chi connectivity index (χ4v) is 2.38. The van der Waals surface area contributed by atoms with E-state index in [0.29, 0.717) is 13.0 Å². The van der Waals surface area contributed by atoms with Crippen molar-refractivity contribution in [3.63, 3.8) is 0 Å². The van der Waals surface area contributed by atoms with Crippen molar-refractivity contribution in [2.75, 3.05) is 6.54 Å². The van der Waals surface area contributed by atoms with E-state index in [1.165, 1.54) is 4.90 Å². The van der Waals surface area contributed by atoms with Gasteiger partial charge in [-0.05, 0) is 33.1 Å². The summed E-state index contributed by atoms with van der Waals surface area (Å²) in [7, 11) is 0. The van der Waals surface area contributed by atoms with Crippen LogP contribution in [-0.4, -0.2) is 39.8 Å². The molecular formula is C12H17NO4. The van der Waals surface area contributed by atoms with Gasteiger partial charge in [-0.3, -0.25) is 4.90 Å². The zero-order valence-electron chi connectivity index (χ0n) is 10.3. The molecule has 2 aliphatic rings. The Kier molecular flexibility index (Phi) is 2.45. The van der Waals surface area contributed by atoms with Crippen molar-refractivity contribution in [1.82, 2.24) is 4.90 Å². The summed E-state index contributed by atoms with van der Waals surface area (Å²) >= 11 is 0. The number of hydrogen-bond acceptors (Lipinski definition) is 3. The molecule has 1 fully saturated rings. The van der Waals surface area contributed by atoms with Gasteiger partial charge in [0.2, 0.25) is 0 Å². The SMILES string of the molecule is CC(C)(C)OC(=O)N1CC2C=C[C@@]1(C(=O)O)C2. The molecule has 5 heteroatoms. The lowest BCUT2D eigenvalue weighted by atomic mass is 10.00. The molecule has 1 saturated heterocycles. The van der Waals surface area contributed by atoms with Gasteiger partial charge in [-0.1, -0.05) is 12.2 Å². The Hall–Kier alpha value is -1.52. The second-order valence-electron chi connectivity index (χ2n) is 5.64. The van der Waals surface area contributed by atoms with Crippen molar-refractivity contribution in [2.45, 2.75) is 38.3 Å². The summed E-state index contributed by atoms with van der Waals surface area (Å²) in [5, 5.41) is 9.31. The van der Waals surface area contributed by atoms with Crippen molar-refractivity contribution < 1.29 is 19.4 Å². The second-order valence-corrected chi connectivity index (χ2v) is 5.64. The molecule has 1 aliphatic heterocycles. The molecule has 0 aromatic rings. The van der Waals surface area contributed by atoms with Crippen molar-refractivity contribution in [1.29, 1.82) is 0 Å². The van der Waals surface area contributed by atoms with Crippen LogP contribution in [0.3, 0.4) is 0 Å².